The van der Waals surface area contributed by atoms with Crippen LogP contribution in [0.3, 0.4) is 0 Å². The van der Waals surface area contributed by atoms with Gasteiger partial charge in [0, 0.05) is 16.0 Å². The molecule has 0 bridgehead atoms. The van der Waals surface area contributed by atoms with Crippen LogP contribution >= 0.6 is 11.3 Å². The molecular formula is C12H16N2S. The van der Waals surface area contributed by atoms with Crippen LogP contribution in [0.25, 0.3) is 5.57 Å². The van der Waals surface area contributed by atoms with E-state index in [2.05, 4.69) is 26.8 Å². The minimum Gasteiger partial charge on any atom is -0.400 e. The summed E-state index contributed by atoms with van der Waals surface area (Å²) in [4.78, 5) is 0.955. The molecule has 2 nitrogen and oxygen atoms in total. The maximum Gasteiger partial charge on any atom is 0.102 e. The number of nitrogens with zero attached hydrogens (tertiary/aromatic N) is 1. The molecule has 0 fully saturated rings. The second-order valence-electron chi connectivity index (χ2n) is 4.12. The molecule has 0 aromatic carbocycles. The van der Waals surface area contributed by atoms with E-state index in [9.17, 15) is 0 Å². The Bertz CT molecular complexity index is 394. The summed E-state index contributed by atoms with van der Waals surface area (Å²) in [5.41, 5.74) is 7.27. The van der Waals surface area contributed by atoms with E-state index in [0.29, 0.717) is 11.3 Å². The van der Waals surface area contributed by atoms with Crippen LogP contribution in [-0.2, 0) is 0 Å². The van der Waals surface area contributed by atoms with Gasteiger partial charge in [-0.05, 0) is 17.9 Å². The zero-order valence-corrected chi connectivity index (χ0v) is 10.2. The van der Waals surface area contributed by atoms with Gasteiger partial charge in [0.15, 0.2) is 0 Å². The van der Waals surface area contributed by atoms with Gasteiger partial charge in [0.1, 0.15) is 6.07 Å². The first-order valence-electron chi connectivity index (χ1n) is 4.97. The smallest absolute Gasteiger partial charge is 0.102 e. The van der Waals surface area contributed by atoms with Gasteiger partial charge in [-0.1, -0.05) is 26.8 Å². The number of thiophene rings is 1. The summed E-state index contributed by atoms with van der Waals surface area (Å²) in [5, 5.41) is 11.1. The van der Waals surface area contributed by atoms with Crippen molar-refractivity contribution in [1.29, 1.82) is 5.26 Å². The fourth-order valence-electron chi connectivity index (χ4n) is 1.20. The molecular weight excluding hydrogens is 204 g/mol. The maximum atomic E-state index is 9.15. The summed E-state index contributed by atoms with van der Waals surface area (Å²) in [6.45, 7) is 6.21. The first-order valence-corrected chi connectivity index (χ1v) is 5.85. The summed E-state index contributed by atoms with van der Waals surface area (Å²) in [7, 11) is 0. The second-order valence-corrected chi connectivity index (χ2v) is 5.06. The number of allylic oxidation sites excluding steroid dienone is 2. The van der Waals surface area contributed by atoms with Crippen LogP contribution in [-0.4, -0.2) is 0 Å². The van der Waals surface area contributed by atoms with Gasteiger partial charge in [-0.25, -0.2) is 0 Å². The molecule has 0 saturated heterocycles. The highest BCUT2D eigenvalue weighted by molar-refractivity contribution is 7.11. The third-order valence-corrected chi connectivity index (χ3v) is 3.65. The fourth-order valence-corrected chi connectivity index (χ4v) is 1.93. The lowest BCUT2D eigenvalue weighted by Gasteiger charge is -2.24. The van der Waals surface area contributed by atoms with Crippen molar-refractivity contribution < 1.29 is 0 Å². The average Bonchev–Trinajstić information content (AvgIpc) is 2.72. The number of nitrogens with two attached hydrogens (primary N) is 1. The topological polar surface area (TPSA) is 49.8 Å². The van der Waals surface area contributed by atoms with E-state index in [1.807, 2.05) is 17.5 Å². The Hall–Kier alpha value is -1.27. The van der Waals surface area contributed by atoms with Crippen LogP contribution in [0.4, 0.5) is 0 Å². The molecule has 1 rings (SSSR count). The van der Waals surface area contributed by atoms with E-state index in [0.717, 1.165) is 11.3 Å². The Morgan fingerprint density at radius 2 is 2.27 bits per heavy atom. The predicted molar refractivity (Wildman–Crippen MR) is 65.1 cm³/mol. The zero-order valence-electron chi connectivity index (χ0n) is 9.37. The van der Waals surface area contributed by atoms with Gasteiger partial charge in [0.25, 0.3) is 0 Å². The molecule has 0 saturated carbocycles. The summed E-state index contributed by atoms with van der Waals surface area (Å²) < 4.78 is 0. The molecule has 0 amide bonds. The Morgan fingerprint density at radius 1 is 1.60 bits per heavy atom. The van der Waals surface area contributed by atoms with Crippen molar-refractivity contribution in [2.75, 3.05) is 0 Å². The van der Waals surface area contributed by atoms with Crippen molar-refractivity contribution >= 4 is 16.9 Å². The molecule has 1 aromatic heterocycles. The zero-order chi connectivity index (χ0) is 11.5. The van der Waals surface area contributed by atoms with Crippen LogP contribution in [0.1, 0.15) is 32.1 Å². The van der Waals surface area contributed by atoms with Crippen LogP contribution in [0.2, 0.25) is 0 Å². The van der Waals surface area contributed by atoms with Crippen molar-refractivity contribution in [1.82, 2.24) is 0 Å². The Labute approximate surface area is 95.0 Å². The molecule has 0 spiro atoms. The number of hydrogen-bond acceptors (Lipinski definition) is 3. The Balaban J connectivity index is 3.23. The van der Waals surface area contributed by atoms with Crippen LogP contribution < -0.4 is 5.73 Å². The van der Waals surface area contributed by atoms with E-state index in [1.54, 1.807) is 11.3 Å². The van der Waals surface area contributed by atoms with Gasteiger partial charge in [-0.3, -0.25) is 0 Å². The molecule has 0 aliphatic carbocycles. The van der Waals surface area contributed by atoms with Gasteiger partial charge >= 0.3 is 0 Å². The monoisotopic (exact) mass is 220 g/mol. The Morgan fingerprint density at radius 3 is 2.67 bits per heavy atom. The minimum atomic E-state index is -0.116. The molecule has 3 heteroatoms. The molecule has 1 heterocycles. The first kappa shape index (κ1) is 11.8. The maximum absolute atomic E-state index is 9.15. The molecule has 0 aliphatic heterocycles. The van der Waals surface area contributed by atoms with Crippen molar-refractivity contribution in [2.24, 2.45) is 11.1 Å². The average molecular weight is 220 g/mol. The van der Waals surface area contributed by atoms with E-state index < -0.39 is 0 Å². The summed E-state index contributed by atoms with van der Waals surface area (Å²) in [5.74, 6) is 0. The molecule has 0 aliphatic rings. The lowest BCUT2D eigenvalue weighted by Crippen LogP contribution is -2.21. The first-order chi connectivity index (χ1) is 7.03. The number of nitriles is 1. The highest BCUT2D eigenvalue weighted by Crippen LogP contribution is 2.33. The molecule has 0 atom stereocenters. The van der Waals surface area contributed by atoms with Crippen molar-refractivity contribution in [3.8, 4) is 6.07 Å². The number of rotatable bonds is 3. The third-order valence-electron chi connectivity index (χ3n) is 2.76. The largest absolute Gasteiger partial charge is 0.400 e. The standard InChI is InChI=1S/C12H16N2S/c1-4-12(2,3)11(14)9(8-13)10-6-5-7-15-10/h5-7H,4,14H2,1-3H3/b11-9+. The van der Waals surface area contributed by atoms with Crippen molar-refractivity contribution in [3.05, 3.63) is 28.1 Å². The molecule has 2 N–H and O–H groups in total. The normalized spacial score (nSPS) is 13.2. The molecule has 80 valence electrons. The van der Waals surface area contributed by atoms with Crippen molar-refractivity contribution in [2.45, 2.75) is 27.2 Å². The predicted octanol–water partition coefficient (Wildman–Crippen LogP) is 3.38. The lowest BCUT2D eigenvalue weighted by molar-refractivity contribution is 0.426. The van der Waals surface area contributed by atoms with E-state index in [-0.39, 0.29) is 5.41 Å². The van der Waals surface area contributed by atoms with Gasteiger partial charge in [-0.15, -0.1) is 11.3 Å². The Kier molecular flexibility index (Phi) is 3.54. The summed E-state index contributed by atoms with van der Waals surface area (Å²) in [6, 6.07) is 6.08. The number of hydrogen-bond donors (Lipinski definition) is 1. The molecule has 15 heavy (non-hydrogen) atoms. The van der Waals surface area contributed by atoms with Crippen LogP contribution in [0.5, 0.6) is 0 Å². The third kappa shape index (κ3) is 2.40. The van der Waals surface area contributed by atoms with Gasteiger partial charge in [0.05, 0.1) is 5.57 Å². The molecule has 0 radical (unpaired) electrons. The highest BCUT2D eigenvalue weighted by atomic mass is 32.1. The summed E-state index contributed by atoms with van der Waals surface area (Å²) >= 11 is 1.55. The van der Waals surface area contributed by atoms with E-state index in [4.69, 9.17) is 11.0 Å². The fraction of sp³-hybridized carbons (Fsp3) is 0.417. The molecule has 0 unspecified atom stereocenters. The van der Waals surface area contributed by atoms with E-state index in [1.165, 1.54) is 0 Å². The highest BCUT2D eigenvalue weighted by Gasteiger charge is 2.23. The van der Waals surface area contributed by atoms with Crippen LogP contribution in [0.15, 0.2) is 23.2 Å². The molecule has 1 aromatic rings. The SMILES string of the molecule is CCC(C)(C)/C(N)=C(/C#N)c1cccs1. The van der Waals surface area contributed by atoms with Crippen molar-refractivity contribution in [3.63, 3.8) is 0 Å². The summed E-state index contributed by atoms with van der Waals surface area (Å²) in [6.07, 6.45) is 0.926. The van der Waals surface area contributed by atoms with Crippen LogP contribution in [0, 0.1) is 16.7 Å². The minimum absolute atomic E-state index is 0.116. The van der Waals surface area contributed by atoms with E-state index >= 15 is 0 Å². The van der Waals surface area contributed by atoms with Gasteiger partial charge in [0.2, 0.25) is 0 Å². The van der Waals surface area contributed by atoms with Gasteiger partial charge < -0.3 is 5.73 Å². The second kappa shape index (κ2) is 4.50. The quantitative estimate of drug-likeness (QED) is 0.794. The lowest BCUT2D eigenvalue weighted by atomic mass is 9.84. The van der Waals surface area contributed by atoms with Gasteiger partial charge in [-0.2, -0.15) is 5.26 Å².